The van der Waals surface area contributed by atoms with Crippen LogP contribution >= 0.6 is 0 Å². The predicted molar refractivity (Wildman–Crippen MR) is 106 cm³/mol. The van der Waals surface area contributed by atoms with E-state index >= 15 is 0 Å². The number of aromatic nitrogens is 1. The molecule has 1 aromatic carbocycles. The summed E-state index contributed by atoms with van der Waals surface area (Å²) in [7, 11) is 0. The van der Waals surface area contributed by atoms with Crippen molar-refractivity contribution in [2.24, 2.45) is 11.1 Å². The molecule has 0 saturated heterocycles. The molecular formula is C22H25F3N2O3. The number of halogens is 3. The van der Waals surface area contributed by atoms with Crippen molar-refractivity contribution in [3.8, 4) is 11.1 Å². The molecule has 0 fully saturated rings. The molecule has 2 N–H and O–H groups in total. The van der Waals surface area contributed by atoms with Crippen molar-refractivity contribution in [1.82, 2.24) is 4.98 Å². The van der Waals surface area contributed by atoms with Crippen molar-refractivity contribution in [3.05, 3.63) is 53.3 Å². The summed E-state index contributed by atoms with van der Waals surface area (Å²) in [6, 6.07) is 8.02. The second-order valence-corrected chi connectivity index (χ2v) is 8.66. The fourth-order valence-electron chi connectivity index (χ4n) is 3.84. The van der Waals surface area contributed by atoms with Crippen molar-refractivity contribution >= 4 is 6.09 Å². The zero-order valence-electron chi connectivity index (χ0n) is 17.1. The first-order valence-corrected chi connectivity index (χ1v) is 9.65. The van der Waals surface area contributed by atoms with Crippen LogP contribution in [0.4, 0.5) is 18.0 Å². The predicted octanol–water partition coefficient (Wildman–Crippen LogP) is 5.28. The average molecular weight is 422 g/mol. The van der Waals surface area contributed by atoms with Gasteiger partial charge in [0.05, 0.1) is 13.2 Å². The van der Waals surface area contributed by atoms with Crippen LogP contribution in [0.1, 0.15) is 49.9 Å². The molecule has 8 heteroatoms. The molecular weight excluding hydrogens is 397 g/mol. The van der Waals surface area contributed by atoms with Crippen LogP contribution in [0.2, 0.25) is 0 Å². The molecule has 1 aliphatic rings. The Morgan fingerprint density at radius 3 is 2.67 bits per heavy atom. The van der Waals surface area contributed by atoms with E-state index in [0.717, 1.165) is 23.4 Å². The Hall–Kier alpha value is -2.61. The monoisotopic (exact) mass is 422 g/mol. The maximum absolute atomic E-state index is 13.1. The Balaban J connectivity index is 2.04. The quantitative estimate of drug-likeness (QED) is 0.727. The van der Waals surface area contributed by atoms with Gasteiger partial charge in [0.15, 0.2) is 0 Å². The van der Waals surface area contributed by atoms with E-state index in [0.29, 0.717) is 24.2 Å². The minimum Gasteiger partial charge on any atom is -0.446 e. The molecule has 162 valence electrons. The summed E-state index contributed by atoms with van der Waals surface area (Å²) in [5, 5.41) is 0. The van der Waals surface area contributed by atoms with Crippen LogP contribution < -0.4 is 5.73 Å². The highest BCUT2D eigenvalue weighted by Crippen LogP contribution is 2.40. The lowest BCUT2D eigenvalue weighted by molar-refractivity contribution is -0.141. The molecule has 0 aliphatic carbocycles. The number of pyridine rings is 1. The third kappa shape index (κ3) is 5.11. The Morgan fingerprint density at radius 1 is 1.30 bits per heavy atom. The minimum atomic E-state index is -4.53. The van der Waals surface area contributed by atoms with E-state index in [4.69, 9.17) is 15.2 Å². The maximum Gasteiger partial charge on any atom is 0.433 e. The van der Waals surface area contributed by atoms with Gasteiger partial charge in [0.25, 0.3) is 0 Å². The molecule has 1 aliphatic heterocycles. The molecule has 3 rings (SSSR count). The van der Waals surface area contributed by atoms with Crippen LogP contribution in [0.5, 0.6) is 0 Å². The summed E-state index contributed by atoms with van der Waals surface area (Å²) in [5.74, 6) is -0.274. The molecule has 30 heavy (non-hydrogen) atoms. The summed E-state index contributed by atoms with van der Waals surface area (Å²) < 4.78 is 50.6. The average Bonchev–Trinajstić information content (AvgIpc) is 2.64. The van der Waals surface area contributed by atoms with Crippen molar-refractivity contribution in [1.29, 1.82) is 0 Å². The van der Waals surface area contributed by atoms with E-state index in [1.54, 1.807) is 18.2 Å². The molecule has 0 spiro atoms. The molecule has 0 bridgehead atoms. The molecule has 5 nitrogen and oxygen atoms in total. The zero-order chi connectivity index (χ0) is 22.1. The SMILES string of the molecule is CC(C)(C)CC(OC(N)=O)C1COCc2c(-c3ccnc(C(F)(F)F)c3)cccc21. The number of primary amides is 1. The normalized spacial score (nSPS) is 17.9. The summed E-state index contributed by atoms with van der Waals surface area (Å²) in [6.45, 7) is 6.67. The van der Waals surface area contributed by atoms with Crippen LogP contribution in [0.25, 0.3) is 11.1 Å². The van der Waals surface area contributed by atoms with Gasteiger partial charge in [-0.1, -0.05) is 39.0 Å². The van der Waals surface area contributed by atoms with Crippen LogP contribution in [-0.2, 0) is 22.3 Å². The van der Waals surface area contributed by atoms with Crippen LogP contribution in [0.3, 0.4) is 0 Å². The molecule has 2 atom stereocenters. The van der Waals surface area contributed by atoms with Gasteiger partial charge in [0, 0.05) is 12.1 Å². The second-order valence-electron chi connectivity index (χ2n) is 8.66. The van der Waals surface area contributed by atoms with Crippen molar-refractivity contribution < 1.29 is 27.4 Å². The van der Waals surface area contributed by atoms with E-state index in [-0.39, 0.29) is 17.9 Å². The Bertz CT molecular complexity index is 923. The first-order chi connectivity index (χ1) is 14.0. The topological polar surface area (TPSA) is 74.4 Å². The van der Waals surface area contributed by atoms with Gasteiger partial charge in [-0.05, 0) is 46.2 Å². The summed E-state index contributed by atoms with van der Waals surface area (Å²) >= 11 is 0. The largest absolute Gasteiger partial charge is 0.446 e. The van der Waals surface area contributed by atoms with Crippen molar-refractivity contribution in [3.63, 3.8) is 0 Å². The number of nitrogens with two attached hydrogens (primary N) is 1. The summed E-state index contributed by atoms with van der Waals surface area (Å²) in [6.07, 6.45) is -4.20. The molecule has 1 amide bonds. The van der Waals surface area contributed by atoms with Gasteiger partial charge < -0.3 is 15.2 Å². The number of benzene rings is 1. The number of fused-ring (bicyclic) bond motifs is 1. The first-order valence-electron chi connectivity index (χ1n) is 9.65. The number of hydrogen-bond acceptors (Lipinski definition) is 4. The molecule has 0 radical (unpaired) electrons. The Labute approximate surface area is 173 Å². The highest BCUT2D eigenvalue weighted by molar-refractivity contribution is 5.70. The third-order valence-corrected chi connectivity index (χ3v) is 5.05. The third-order valence-electron chi connectivity index (χ3n) is 5.05. The highest BCUT2D eigenvalue weighted by Gasteiger charge is 2.36. The van der Waals surface area contributed by atoms with E-state index < -0.39 is 24.1 Å². The number of hydrogen-bond donors (Lipinski definition) is 1. The van der Waals surface area contributed by atoms with Gasteiger partial charge in [-0.15, -0.1) is 0 Å². The molecule has 2 heterocycles. The second kappa shape index (κ2) is 8.26. The van der Waals surface area contributed by atoms with E-state index in [9.17, 15) is 18.0 Å². The van der Waals surface area contributed by atoms with Gasteiger partial charge in [0.2, 0.25) is 0 Å². The number of amides is 1. The van der Waals surface area contributed by atoms with Crippen LogP contribution in [0, 0.1) is 5.41 Å². The number of ether oxygens (including phenoxy) is 2. The summed E-state index contributed by atoms with van der Waals surface area (Å²) in [5.41, 5.74) is 6.92. The number of nitrogens with zero attached hydrogens (tertiary/aromatic N) is 1. The first kappa shape index (κ1) is 22.1. The van der Waals surface area contributed by atoms with E-state index in [1.165, 1.54) is 0 Å². The minimum absolute atomic E-state index is 0.137. The lowest BCUT2D eigenvalue weighted by Gasteiger charge is -2.35. The van der Waals surface area contributed by atoms with E-state index in [1.807, 2.05) is 26.8 Å². The van der Waals surface area contributed by atoms with Crippen molar-refractivity contribution in [2.75, 3.05) is 6.61 Å². The smallest absolute Gasteiger partial charge is 0.433 e. The van der Waals surface area contributed by atoms with Gasteiger partial charge >= 0.3 is 12.3 Å². The number of carbonyl (C=O) groups is 1. The number of alkyl halides is 3. The van der Waals surface area contributed by atoms with Crippen molar-refractivity contribution in [2.45, 2.75) is 52.0 Å². The fraction of sp³-hybridized carbons (Fsp3) is 0.455. The lowest BCUT2D eigenvalue weighted by Crippen LogP contribution is -2.36. The lowest BCUT2D eigenvalue weighted by atomic mass is 9.79. The fourth-order valence-corrected chi connectivity index (χ4v) is 3.84. The Kier molecular flexibility index (Phi) is 6.08. The highest BCUT2D eigenvalue weighted by atomic mass is 19.4. The maximum atomic E-state index is 13.1. The van der Waals surface area contributed by atoms with Gasteiger partial charge in [-0.25, -0.2) is 4.79 Å². The van der Waals surface area contributed by atoms with E-state index in [2.05, 4.69) is 4.98 Å². The van der Waals surface area contributed by atoms with Crippen LogP contribution in [0.15, 0.2) is 36.5 Å². The molecule has 1 aromatic heterocycles. The standard InChI is InChI=1S/C22H25F3N2O3/c1-21(2,3)10-18(30-20(26)28)17-12-29-11-16-14(5-4-6-15(16)17)13-7-8-27-19(9-13)22(23,24)25/h4-9,17-18H,10-12H2,1-3H3,(H2,26,28). The van der Waals surface area contributed by atoms with Gasteiger partial charge in [-0.2, -0.15) is 13.2 Å². The number of rotatable bonds is 4. The molecule has 0 saturated carbocycles. The number of carbonyl (C=O) groups excluding carboxylic acids is 1. The zero-order valence-corrected chi connectivity index (χ0v) is 17.1. The van der Waals surface area contributed by atoms with Gasteiger partial charge in [-0.3, -0.25) is 4.98 Å². The Morgan fingerprint density at radius 2 is 2.03 bits per heavy atom. The molecule has 2 unspecified atom stereocenters. The molecule has 2 aromatic rings. The van der Waals surface area contributed by atoms with Crippen LogP contribution in [-0.4, -0.2) is 23.8 Å². The van der Waals surface area contributed by atoms with Gasteiger partial charge in [0.1, 0.15) is 11.8 Å². The summed E-state index contributed by atoms with van der Waals surface area (Å²) in [4.78, 5) is 15.0.